The molecule has 0 bridgehead atoms. The zero-order valence-corrected chi connectivity index (χ0v) is 12.2. The highest BCUT2D eigenvalue weighted by Crippen LogP contribution is 2.09. The molecule has 0 aliphatic heterocycles. The smallest absolute Gasteiger partial charge is 0.329 e. The van der Waals surface area contributed by atoms with Crippen molar-refractivity contribution in [1.82, 2.24) is 4.57 Å². The first-order chi connectivity index (χ1) is 10.6. The van der Waals surface area contributed by atoms with E-state index in [0.29, 0.717) is 12.3 Å². The molecule has 1 aromatic heterocycles. The maximum Gasteiger partial charge on any atom is 0.329 e. The number of ether oxygens (including phenoxy) is 2. The molecule has 1 heterocycles. The third-order valence-corrected chi connectivity index (χ3v) is 3.02. The first-order valence-electron chi connectivity index (χ1n) is 6.72. The maximum atomic E-state index is 12.0. The Hall–Kier alpha value is -2.60. The van der Waals surface area contributed by atoms with Gasteiger partial charge < -0.3 is 19.1 Å². The van der Waals surface area contributed by atoms with E-state index >= 15 is 0 Å². The molecular weight excluding hydrogens is 286 g/mol. The number of hydrogen-bond donors (Lipinski definition) is 1. The Bertz CT molecular complexity index is 693. The molecule has 2 aromatic rings. The van der Waals surface area contributed by atoms with Crippen LogP contribution in [0.3, 0.4) is 0 Å². The molecular formula is C16H17NO5. The molecule has 0 saturated carbocycles. The van der Waals surface area contributed by atoms with Gasteiger partial charge in [-0.05, 0) is 5.56 Å². The minimum absolute atomic E-state index is 0.0526. The molecule has 6 heteroatoms. The highest BCUT2D eigenvalue weighted by atomic mass is 16.5. The van der Waals surface area contributed by atoms with Crippen LogP contribution in [0.25, 0.3) is 0 Å². The Morgan fingerprint density at radius 3 is 2.64 bits per heavy atom. The molecule has 1 aromatic carbocycles. The molecule has 0 saturated heterocycles. The van der Waals surface area contributed by atoms with Gasteiger partial charge in [0.1, 0.15) is 13.2 Å². The van der Waals surface area contributed by atoms with Gasteiger partial charge in [-0.3, -0.25) is 4.79 Å². The molecule has 2 rings (SSSR count). The maximum absolute atomic E-state index is 12.0. The summed E-state index contributed by atoms with van der Waals surface area (Å²) in [5.74, 6) is -0.804. The van der Waals surface area contributed by atoms with Gasteiger partial charge in [-0.15, -0.1) is 0 Å². The fourth-order valence-corrected chi connectivity index (χ4v) is 1.88. The van der Waals surface area contributed by atoms with Crippen LogP contribution in [0.5, 0.6) is 5.75 Å². The first kappa shape index (κ1) is 15.8. The zero-order chi connectivity index (χ0) is 15.9. The second kappa shape index (κ2) is 7.42. The van der Waals surface area contributed by atoms with E-state index in [1.807, 2.05) is 30.3 Å². The summed E-state index contributed by atoms with van der Waals surface area (Å²) in [7, 11) is 1.74. The minimum atomic E-state index is -1.05. The Labute approximate surface area is 127 Å². The van der Waals surface area contributed by atoms with Gasteiger partial charge in [0.15, 0.2) is 5.75 Å². The topological polar surface area (TPSA) is 77.8 Å². The van der Waals surface area contributed by atoms with E-state index in [0.717, 1.165) is 5.56 Å². The molecule has 0 amide bonds. The van der Waals surface area contributed by atoms with Gasteiger partial charge in [-0.1, -0.05) is 30.3 Å². The molecule has 0 radical (unpaired) electrons. The van der Waals surface area contributed by atoms with Crippen molar-refractivity contribution >= 4 is 5.97 Å². The van der Waals surface area contributed by atoms with Gasteiger partial charge in [-0.25, -0.2) is 4.79 Å². The van der Waals surface area contributed by atoms with Crippen molar-refractivity contribution in [2.45, 2.75) is 13.2 Å². The number of pyridine rings is 1. The lowest BCUT2D eigenvalue weighted by atomic mass is 10.2. The number of aryl methyl sites for hydroxylation is 1. The van der Waals surface area contributed by atoms with E-state index in [9.17, 15) is 9.59 Å². The standard InChI is InChI=1S/C16H17NO5/c1-17-8-15(22-9-12-5-3-2-4-6-12)14(18)7-13(17)10-21-11-16(19)20/h2-8H,9-11H2,1H3,(H,19,20). The second-order valence-corrected chi connectivity index (χ2v) is 4.76. The highest BCUT2D eigenvalue weighted by molar-refractivity contribution is 5.67. The van der Waals surface area contributed by atoms with Crippen LogP contribution in [0, 0.1) is 0 Å². The molecule has 0 fully saturated rings. The van der Waals surface area contributed by atoms with Crippen LogP contribution in [0.1, 0.15) is 11.3 Å². The lowest BCUT2D eigenvalue weighted by Crippen LogP contribution is -2.15. The Morgan fingerprint density at radius 2 is 1.95 bits per heavy atom. The van der Waals surface area contributed by atoms with E-state index in [2.05, 4.69) is 0 Å². The Morgan fingerprint density at radius 1 is 1.23 bits per heavy atom. The van der Waals surface area contributed by atoms with Crippen LogP contribution in [0.15, 0.2) is 47.4 Å². The van der Waals surface area contributed by atoms with E-state index in [1.165, 1.54) is 6.07 Å². The summed E-state index contributed by atoms with van der Waals surface area (Å²) in [6.45, 7) is -0.0393. The molecule has 6 nitrogen and oxygen atoms in total. The highest BCUT2D eigenvalue weighted by Gasteiger charge is 2.07. The molecule has 0 spiro atoms. The summed E-state index contributed by atoms with van der Waals surface area (Å²) in [4.78, 5) is 22.4. The summed E-state index contributed by atoms with van der Waals surface area (Å²) in [5, 5.41) is 8.52. The van der Waals surface area contributed by atoms with E-state index < -0.39 is 12.6 Å². The number of nitrogens with zero attached hydrogens (tertiary/aromatic N) is 1. The zero-order valence-electron chi connectivity index (χ0n) is 12.2. The van der Waals surface area contributed by atoms with Gasteiger partial charge in [-0.2, -0.15) is 0 Å². The quantitative estimate of drug-likeness (QED) is 0.840. The van der Waals surface area contributed by atoms with Crippen molar-refractivity contribution in [3.05, 3.63) is 64.1 Å². The first-order valence-corrected chi connectivity index (χ1v) is 6.72. The Kier molecular flexibility index (Phi) is 5.32. The van der Waals surface area contributed by atoms with Crippen LogP contribution in [0.2, 0.25) is 0 Å². The van der Waals surface area contributed by atoms with Gasteiger partial charge in [0.25, 0.3) is 0 Å². The molecule has 116 valence electrons. The number of aromatic nitrogens is 1. The molecule has 1 N–H and O–H groups in total. The molecule has 0 aliphatic rings. The number of carboxylic acid groups (broad SMARTS) is 1. The number of carboxylic acids is 1. The van der Waals surface area contributed by atoms with Crippen molar-refractivity contribution in [2.75, 3.05) is 6.61 Å². The summed E-state index contributed by atoms with van der Waals surface area (Å²) in [6.07, 6.45) is 1.57. The fraction of sp³-hybridized carbons (Fsp3) is 0.250. The van der Waals surface area contributed by atoms with E-state index in [1.54, 1.807) is 17.8 Å². The summed E-state index contributed by atoms with van der Waals surface area (Å²) < 4.78 is 12.2. The monoisotopic (exact) mass is 303 g/mol. The van der Waals surface area contributed by atoms with E-state index in [-0.39, 0.29) is 17.8 Å². The fourth-order valence-electron chi connectivity index (χ4n) is 1.88. The molecule has 0 aliphatic carbocycles. The molecule has 0 atom stereocenters. The number of benzene rings is 1. The van der Waals surface area contributed by atoms with Gasteiger partial charge in [0.05, 0.1) is 12.8 Å². The van der Waals surface area contributed by atoms with Crippen LogP contribution < -0.4 is 10.2 Å². The molecule has 22 heavy (non-hydrogen) atoms. The SMILES string of the molecule is Cn1cc(OCc2ccccc2)c(=O)cc1COCC(=O)O. The minimum Gasteiger partial charge on any atom is -0.483 e. The lowest BCUT2D eigenvalue weighted by molar-refractivity contribution is -0.142. The molecule has 0 unspecified atom stereocenters. The third-order valence-electron chi connectivity index (χ3n) is 3.02. The summed E-state index contributed by atoms with van der Waals surface area (Å²) in [5.41, 5.74) is 1.29. The normalized spacial score (nSPS) is 10.4. The van der Waals surface area contributed by atoms with Crippen molar-refractivity contribution in [2.24, 2.45) is 7.05 Å². The lowest BCUT2D eigenvalue weighted by Gasteiger charge is -2.11. The number of hydrogen-bond acceptors (Lipinski definition) is 4. The van der Waals surface area contributed by atoms with Gasteiger partial charge in [0, 0.05) is 18.8 Å². The Balaban J connectivity index is 2.03. The number of aliphatic carboxylic acids is 1. The number of rotatable bonds is 7. The average Bonchev–Trinajstić information content (AvgIpc) is 2.49. The third kappa shape index (κ3) is 4.46. The van der Waals surface area contributed by atoms with Crippen molar-refractivity contribution < 1.29 is 19.4 Å². The van der Waals surface area contributed by atoms with Crippen LogP contribution in [0.4, 0.5) is 0 Å². The predicted octanol–water partition coefficient (Wildman–Crippen LogP) is 1.57. The van der Waals surface area contributed by atoms with Crippen LogP contribution in [-0.2, 0) is 29.8 Å². The largest absolute Gasteiger partial charge is 0.483 e. The van der Waals surface area contributed by atoms with Crippen molar-refractivity contribution in [3.8, 4) is 5.75 Å². The predicted molar refractivity (Wildman–Crippen MR) is 79.7 cm³/mol. The summed E-state index contributed by atoms with van der Waals surface area (Å²) >= 11 is 0. The number of carbonyl (C=O) groups is 1. The van der Waals surface area contributed by atoms with E-state index in [4.69, 9.17) is 14.6 Å². The van der Waals surface area contributed by atoms with Crippen LogP contribution in [-0.4, -0.2) is 22.2 Å². The van der Waals surface area contributed by atoms with Crippen LogP contribution >= 0.6 is 0 Å². The summed E-state index contributed by atoms with van der Waals surface area (Å²) in [6, 6.07) is 10.9. The van der Waals surface area contributed by atoms with Gasteiger partial charge >= 0.3 is 5.97 Å². The average molecular weight is 303 g/mol. The van der Waals surface area contributed by atoms with Gasteiger partial charge in [0.2, 0.25) is 5.43 Å². The second-order valence-electron chi connectivity index (χ2n) is 4.76. The van der Waals surface area contributed by atoms with Crippen molar-refractivity contribution in [3.63, 3.8) is 0 Å². The van der Waals surface area contributed by atoms with Crippen molar-refractivity contribution in [1.29, 1.82) is 0 Å².